The van der Waals surface area contributed by atoms with Gasteiger partial charge in [-0.1, -0.05) is 30.3 Å². The molecular weight excluding hydrogens is 280 g/mol. The smallest absolute Gasteiger partial charge is 0.313 e. The molecule has 0 amide bonds. The predicted molar refractivity (Wildman–Crippen MR) is 82.6 cm³/mol. The van der Waals surface area contributed by atoms with E-state index in [0.717, 1.165) is 0 Å². The molecule has 0 unspecified atom stereocenters. The molecule has 2 rings (SSSR count). The molecule has 0 spiro atoms. The van der Waals surface area contributed by atoms with Crippen LogP contribution in [-0.4, -0.2) is 18.4 Å². The largest absolute Gasteiger partial charge is 0.466 e. The van der Waals surface area contributed by atoms with E-state index in [0.29, 0.717) is 16.9 Å². The molecule has 22 heavy (non-hydrogen) atoms. The van der Waals surface area contributed by atoms with Crippen LogP contribution in [-0.2, 0) is 9.53 Å². The van der Waals surface area contributed by atoms with E-state index < -0.39 is 5.97 Å². The van der Waals surface area contributed by atoms with Crippen molar-refractivity contribution in [2.24, 2.45) is 10.2 Å². The third-order valence-corrected chi connectivity index (χ3v) is 2.84. The van der Waals surface area contributed by atoms with E-state index in [4.69, 9.17) is 4.74 Å². The SMILES string of the molecule is CCOC(=O)CC(=O)c1ccccc1N=Nc1ccccc1. The maximum Gasteiger partial charge on any atom is 0.313 e. The molecule has 0 aliphatic carbocycles. The van der Waals surface area contributed by atoms with Crippen molar-refractivity contribution in [3.8, 4) is 0 Å². The Morgan fingerprint density at radius 2 is 1.64 bits per heavy atom. The number of nitrogens with zero attached hydrogens (tertiary/aromatic N) is 2. The lowest BCUT2D eigenvalue weighted by Gasteiger charge is -2.04. The highest BCUT2D eigenvalue weighted by atomic mass is 16.5. The summed E-state index contributed by atoms with van der Waals surface area (Å²) in [4.78, 5) is 23.6. The first kappa shape index (κ1) is 15.6. The fourth-order valence-corrected chi connectivity index (χ4v) is 1.84. The maximum atomic E-state index is 12.2. The van der Waals surface area contributed by atoms with Crippen molar-refractivity contribution >= 4 is 23.1 Å². The number of esters is 1. The summed E-state index contributed by atoms with van der Waals surface area (Å²) in [5, 5.41) is 8.19. The monoisotopic (exact) mass is 296 g/mol. The van der Waals surface area contributed by atoms with Crippen LogP contribution < -0.4 is 0 Å². The lowest BCUT2D eigenvalue weighted by atomic mass is 10.1. The van der Waals surface area contributed by atoms with E-state index in [2.05, 4.69) is 10.2 Å². The summed E-state index contributed by atoms with van der Waals surface area (Å²) in [5.41, 5.74) is 1.48. The van der Waals surface area contributed by atoms with Gasteiger partial charge in [-0.05, 0) is 31.2 Å². The van der Waals surface area contributed by atoms with E-state index in [1.165, 1.54) is 0 Å². The van der Waals surface area contributed by atoms with E-state index in [1.54, 1.807) is 31.2 Å². The summed E-state index contributed by atoms with van der Waals surface area (Å²) in [5.74, 6) is -0.872. The number of hydrogen-bond acceptors (Lipinski definition) is 5. The minimum absolute atomic E-state index is 0.251. The zero-order chi connectivity index (χ0) is 15.8. The molecular formula is C17H16N2O3. The molecule has 5 heteroatoms. The molecule has 0 atom stereocenters. The van der Waals surface area contributed by atoms with Gasteiger partial charge in [-0.2, -0.15) is 5.11 Å². The second-order valence-corrected chi connectivity index (χ2v) is 4.46. The Hall–Kier alpha value is -2.82. The Bertz CT molecular complexity index is 681. The van der Waals surface area contributed by atoms with E-state index >= 15 is 0 Å². The number of carbonyl (C=O) groups excluding carboxylic acids is 2. The van der Waals surface area contributed by atoms with Gasteiger partial charge in [0.1, 0.15) is 6.42 Å². The minimum Gasteiger partial charge on any atom is -0.466 e. The van der Waals surface area contributed by atoms with E-state index in [-0.39, 0.29) is 18.8 Å². The summed E-state index contributed by atoms with van der Waals surface area (Å²) >= 11 is 0. The second-order valence-electron chi connectivity index (χ2n) is 4.46. The van der Waals surface area contributed by atoms with Crippen LogP contribution in [0.3, 0.4) is 0 Å². The van der Waals surface area contributed by atoms with Gasteiger partial charge in [0.2, 0.25) is 0 Å². The average Bonchev–Trinajstić information content (AvgIpc) is 2.54. The Morgan fingerprint density at radius 1 is 0.955 bits per heavy atom. The van der Waals surface area contributed by atoms with Crippen molar-refractivity contribution in [3.63, 3.8) is 0 Å². The fourth-order valence-electron chi connectivity index (χ4n) is 1.84. The summed E-state index contributed by atoms with van der Waals surface area (Å²) < 4.78 is 4.79. The molecule has 0 aromatic heterocycles. The Kier molecular flexibility index (Phi) is 5.54. The van der Waals surface area contributed by atoms with Gasteiger partial charge < -0.3 is 4.74 Å². The Morgan fingerprint density at radius 3 is 2.36 bits per heavy atom. The van der Waals surface area contributed by atoms with Crippen LogP contribution in [0.5, 0.6) is 0 Å². The van der Waals surface area contributed by atoms with Crippen molar-refractivity contribution in [3.05, 3.63) is 60.2 Å². The van der Waals surface area contributed by atoms with Gasteiger partial charge in [0.05, 0.1) is 18.0 Å². The molecule has 2 aromatic rings. The first-order valence-corrected chi connectivity index (χ1v) is 6.95. The van der Waals surface area contributed by atoms with Crippen molar-refractivity contribution in [2.45, 2.75) is 13.3 Å². The first-order chi connectivity index (χ1) is 10.7. The second kappa shape index (κ2) is 7.83. The van der Waals surface area contributed by atoms with Crippen LogP contribution in [0, 0.1) is 0 Å². The van der Waals surface area contributed by atoms with E-state index in [1.807, 2.05) is 30.3 Å². The van der Waals surface area contributed by atoms with Crippen LogP contribution in [0.25, 0.3) is 0 Å². The molecule has 2 aromatic carbocycles. The lowest BCUT2D eigenvalue weighted by molar-refractivity contribution is -0.141. The third-order valence-electron chi connectivity index (χ3n) is 2.84. The van der Waals surface area contributed by atoms with Crippen molar-refractivity contribution in [1.29, 1.82) is 0 Å². The number of carbonyl (C=O) groups is 2. The topological polar surface area (TPSA) is 68.1 Å². The molecule has 0 aliphatic heterocycles. The number of hydrogen-bond donors (Lipinski definition) is 0. The number of Topliss-reactive ketones (excluding diaryl/α,β-unsaturated/α-hetero) is 1. The van der Waals surface area contributed by atoms with Gasteiger partial charge in [-0.25, -0.2) is 0 Å². The summed E-state index contributed by atoms with van der Waals surface area (Å²) in [6, 6.07) is 16.0. The number of benzene rings is 2. The van der Waals surface area contributed by atoms with Crippen LogP contribution in [0.15, 0.2) is 64.8 Å². The standard InChI is InChI=1S/C17H16N2O3/c1-2-22-17(21)12-16(20)14-10-6-7-11-15(14)19-18-13-8-4-3-5-9-13/h3-11H,2,12H2,1H3. The van der Waals surface area contributed by atoms with Crippen molar-refractivity contribution < 1.29 is 14.3 Å². The predicted octanol–water partition coefficient (Wildman–Crippen LogP) is 4.24. The van der Waals surface area contributed by atoms with Crippen molar-refractivity contribution in [2.75, 3.05) is 6.61 Å². The number of ether oxygens (including phenoxy) is 1. The zero-order valence-corrected chi connectivity index (χ0v) is 12.2. The number of azo groups is 1. The number of rotatable bonds is 6. The quantitative estimate of drug-likeness (QED) is 0.346. The van der Waals surface area contributed by atoms with Gasteiger partial charge in [0, 0.05) is 5.56 Å². The highest BCUT2D eigenvalue weighted by Crippen LogP contribution is 2.23. The molecule has 0 radical (unpaired) electrons. The highest BCUT2D eigenvalue weighted by Gasteiger charge is 2.15. The average molecular weight is 296 g/mol. The first-order valence-electron chi connectivity index (χ1n) is 6.95. The summed E-state index contributed by atoms with van der Waals surface area (Å²) in [6.45, 7) is 1.95. The molecule has 112 valence electrons. The molecule has 0 N–H and O–H groups in total. The normalized spacial score (nSPS) is 10.6. The molecule has 0 heterocycles. The molecule has 0 saturated carbocycles. The maximum absolute atomic E-state index is 12.2. The van der Waals surface area contributed by atoms with Crippen LogP contribution in [0.4, 0.5) is 11.4 Å². The van der Waals surface area contributed by atoms with Crippen LogP contribution in [0.1, 0.15) is 23.7 Å². The molecule has 0 fully saturated rings. The fraction of sp³-hybridized carbons (Fsp3) is 0.176. The highest BCUT2D eigenvalue weighted by molar-refractivity contribution is 6.08. The van der Waals surface area contributed by atoms with Gasteiger partial charge in [0.15, 0.2) is 5.78 Å². The Labute approximate surface area is 128 Å². The zero-order valence-electron chi connectivity index (χ0n) is 12.2. The molecule has 0 saturated heterocycles. The van der Waals surface area contributed by atoms with Gasteiger partial charge in [-0.15, -0.1) is 5.11 Å². The van der Waals surface area contributed by atoms with Gasteiger partial charge in [-0.3, -0.25) is 9.59 Å². The minimum atomic E-state index is -0.540. The Balaban J connectivity index is 2.18. The van der Waals surface area contributed by atoms with Crippen LogP contribution >= 0.6 is 0 Å². The molecule has 5 nitrogen and oxygen atoms in total. The third kappa shape index (κ3) is 4.34. The van der Waals surface area contributed by atoms with Crippen molar-refractivity contribution in [1.82, 2.24) is 0 Å². The molecule has 0 aliphatic rings. The van der Waals surface area contributed by atoms with Gasteiger partial charge in [0.25, 0.3) is 0 Å². The lowest BCUT2D eigenvalue weighted by Crippen LogP contribution is -2.11. The van der Waals surface area contributed by atoms with Crippen LogP contribution in [0.2, 0.25) is 0 Å². The van der Waals surface area contributed by atoms with E-state index in [9.17, 15) is 9.59 Å². The molecule has 0 bridgehead atoms. The summed E-state index contributed by atoms with van der Waals surface area (Å²) in [6.07, 6.45) is -0.300. The van der Waals surface area contributed by atoms with Gasteiger partial charge >= 0.3 is 5.97 Å². The summed E-state index contributed by atoms with van der Waals surface area (Å²) in [7, 11) is 0. The number of ketones is 1.